The van der Waals surface area contributed by atoms with Gasteiger partial charge in [-0.05, 0) is 88.1 Å². The Kier molecular flexibility index (Phi) is 8.41. The van der Waals surface area contributed by atoms with E-state index in [2.05, 4.69) is 20.8 Å². The Morgan fingerprint density at radius 2 is 1.74 bits per heavy atom. The maximum atomic E-state index is 13.9. The van der Waals surface area contributed by atoms with Crippen LogP contribution in [0, 0.1) is 12.3 Å². The maximum Gasteiger partial charge on any atom is 0.185 e. The molecule has 1 unspecified atom stereocenters. The van der Waals surface area contributed by atoms with Crippen LogP contribution in [0.25, 0.3) is 0 Å². The molecule has 0 saturated heterocycles. The molecule has 0 fully saturated rings. The second-order valence-corrected chi connectivity index (χ2v) is 11.5. The molecule has 1 aliphatic carbocycles. The third-order valence-electron chi connectivity index (χ3n) is 6.17. The summed E-state index contributed by atoms with van der Waals surface area (Å²) in [5.41, 5.74) is 5.04. The smallest absolute Gasteiger partial charge is 0.185 e. The number of rotatable bonds is 8. The topological polar surface area (TPSA) is 51.2 Å². The standard InChI is InChI=1S/C27H36O3S/c1-20(16-18-28)9-7-10-22(3)19-25(26-23(4)11-8-17-27(26,5)6)31(29,30)24-14-12-21(2)13-15-24/h7,9-10,12-16,18,25H,8,11,17,19H2,1-6H3/b9-7+,20-16+,22-10+. The van der Waals surface area contributed by atoms with Crippen molar-refractivity contribution in [3.63, 3.8) is 0 Å². The van der Waals surface area contributed by atoms with E-state index in [1.807, 2.05) is 51.1 Å². The van der Waals surface area contributed by atoms with Crippen LogP contribution in [0.5, 0.6) is 0 Å². The van der Waals surface area contributed by atoms with Crippen LogP contribution in [-0.4, -0.2) is 20.0 Å². The second-order valence-electron chi connectivity index (χ2n) is 9.40. The van der Waals surface area contributed by atoms with Gasteiger partial charge >= 0.3 is 0 Å². The Morgan fingerprint density at radius 1 is 1.10 bits per heavy atom. The van der Waals surface area contributed by atoms with Gasteiger partial charge in [-0.25, -0.2) is 8.42 Å². The average Bonchev–Trinajstić information content (AvgIpc) is 2.67. The lowest BCUT2D eigenvalue weighted by Gasteiger charge is -2.39. The predicted molar refractivity (Wildman–Crippen MR) is 130 cm³/mol. The Hall–Kier alpha value is -2.20. The lowest BCUT2D eigenvalue weighted by atomic mass is 9.71. The summed E-state index contributed by atoms with van der Waals surface area (Å²) in [4.78, 5) is 11.0. The zero-order chi connectivity index (χ0) is 23.2. The van der Waals surface area contributed by atoms with Crippen LogP contribution in [0.4, 0.5) is 0 Å². The summed E-state index contributed by atoms with van der Waals surface area (Å²) in [5.74, 6) is 0. The molecule has 0 amide bonds. The van der Waals surface area contributed by atoms with E-state index in [1.54, 1.807) is 12.1 Å². The molecule has 0 aliphatic heterocycles. The highest BCUT2D eigenvalue weighted by molar-refractivity contribution is 7.92. The monoisotopic (exact) mass is 440 g/mol. The number of carbonyl (C=O) groups excluding carboxylic acids is 1. The van der Waals surface area contributed by atoms with Gasteiger partial charge in [0.1, 0.15) is 6.29 Å². The van der Waals surface area contributed by atoms with Crippen LogP contribution in [-0.2, 0) is 14.6 Å². The summed E-state index contributed by atoms with van der Waals surface area (Å²) in [7, 11) is -3.55. The van der Waals surface area contributed by atoms with E-state index >= 15 is 0 Å². The Morgan fingerprint density at radius 3 is 2.32 bits per heavy atom. The number of benzene rings is 1. The van der Waals surface area contributed by atoms with Crippen molar-refractivity contribution in [1.29, 1.82) is 0 Å². The molecule has 1 atom stereocenters. The first kappa shape index (κ1) is 25.1. The molecule has 0 heterocycles. The number of hydrogen-bond acceptors (Lipinski definition) is 3. The van der Waals surface area contributed by atoms with Crippen molar-refractivity contribution in [2.75, 3.05) is 0 Å². The Bertz CT molecular complexity index is 1020. The highest BCUT2D eigenvalue weighted by atomic mass is 32.2. The third kappa shape index (κ3) is 6.39. The van der Waals surface area contributed by atoms with E-state index in [0.29, 0.717) is 11.3 Å². The number of sulfone groups is 1. The minimum Gasteiger partial charge on any atom is -0.299 e. The van der Waals surface area contributed by atoms with E-state index in [4.69, 9.17) is 0 Å². The Balaban J connectivity index is 2.52. The van der Waals surface area contributed by atoms with Gasteiger partial charge in [-0.3, -0.25) is 4.79 Å². The van der Waals surface area contributed by atoms with Gasteiger partial charge in [-0.1, -0.05) is 60.9 Å². The summed E-state index contributed by atoms with van der Waals surface area (Å²) < 4.78 is 27.7. The van der Waals surface area contributed by atoms with Gasteiger partial charge in [0.25, 0.3) is 0 Å². The number of hydrogen-bond donors (Lipinski definition) is 0. The van der Waals surface area contributed by atoms with Crippen LogP contribution in [0.15, 0.2) is 75.8 Å². The first-order chi connectivity index (χ1) is 14.5. The van der Waals surface area contributed by atoms with E-state index in [9.17, 15) is 13.2 Å². The van der Waals surface area contributed by atoms with Crippen molar-refractivity contribution in [2.24, 2.45) is 5.41 Å². The number of allylic oxidation sites excluding steroid dienone is 7. The molecule has 1 aromatic rings. The average molecular weight is 441 g/mol. The van der Waals surface area contributed by atoms with Crippen LogP contribution < -0.4 is 0 Å². The van der Waals surface area contributed by atoms with E-state index < -0.39 is 15.1 Å². The van der Waals surface area contributed by atoms with Crippen molar-refractivity contribution in [3.05, 3.63) is 76.4 Å². The van der Waals surface area contributed by atoms with Gasteiger partial charge in [0, 0.05) is 0 Å². The summed E-state index contributed by atoms with van der Waals surface area (Å²) in [6, 6.07) is 7.20. The van der Waals surface area contributed by atoms with Gasteiger partial charge in [0.2, 0.25) is 0 Å². The van der Waals surface area contributed by atoms with Gasteiger partial charge in [-0.2, -0.15) is 0 Å². The molecule has 0 N–H and O–H groups in total. The van der Waals surface area contributed by atoms with Crippen LogP contribution in [0.1, 0.15) is 65.9 Å². The highest BCUT2D eigenvalue weighted by Gasteiger charge is 2.40. The van der Waals surface area contributed by atoms with Crippen LogP contribution >= 0.6 is 0 Å². The molecule has 0 aromatic heterocycles. The largest absolute Gasteiger partial charge is 0.299 e. The van der Waals surface area contributed by atoms with Gasteiger partial charge in [0.05, 0.1) is 10.1 Å². The van der Waals surface area contributed by atoms with Gasteiger partial charge in [-0.15, -0.1) is 0 Å². The van der Waals surface area contributed by atoms with Gasteiger partial charge in [0.15, 0.2) is 9.84 Å². The highest BCUT2D eigenvalue weighted by Crippen LogP contribution is 2.46. The van der Waals surface area contributed by atoms with E-state index in [0.717, 1.165) is 47.8 Å². The molecule has 4 heteroatoms. The van der Waals surface area contributed by atoms with Crippen molar-refractivity contribution >= 4 is 16.1 Å². The van der Waals surface area contributed by atoms with Crippen LogP contribution in [0.3, 0.4) is 0 Å². The molecule has 168 valence electrons. The number of aldehydes is 1. The molecule has 0 saturated carbocycles. The van der Waals surface area contributed by atoms with Gasteiger partial charge < -0.3 is 0 Å². The molecular weight excluding hydrogens is 404 g/mol. The van der Waals surface area contributed by atoms with E-state index in [-0.39, 0.29) is 5.41 Å². The lowest BCUT2D eigenvalue weighted by Crippen LogP contribution is -2.34. The van der Waals surface area contributed by atoms with Crippen LogP contribution in [0.2, 0.25) is 0 Å². The predicted octanol–water partition coefficient (Wildman–Crippen LogP) is 6.70. The Labute approximate surface area is 188 Å². The molecule has 1 aromatic carbocycles. The zero-order valence-electron chi connectivity index (χ0n) is 19.7. The number of carbonyl (C=O) groups is 1. The minimum atomic E-state index is -3.55. The quantitative estimate of drug-likeness (QED) is 0.195. The molecule has 2 rings (SSSR count). The summed E-state index contributed by atoms with van der Waals surface area (Å²) in [6.45, 7) is 12.2. The maximum absolute atomic E-state index is 13.9. The fraction of sp³-hybridized carbons (Fsp3) is 0.444. The minimum absolute atomic E-state index is 0.149. The SMILES string of the molecule is CC1=C(C(C/C(C)=C/C=C/C(C)=C/C=O)S(=O)(=O)c2ccc(C)cc2)C(C)(C)CCC1. The first-order valence-electron chi connectivity index (χ1n) is 11.0. The molecule has 0 spiro atoms. The summed E-state index contributed by atoms with van der Waals surface area (Å²) in [6.07, 6.45) is 11.5. The van der Waals surface area contributed by atoms with Crippen molar-refractivity contribution in [2.45, 2.75) is 77.4 Å². The molecule has 31 heavy (non-hydrogen) atoms. The molecule has 0 radical (unpaired) electrons. The normalized spacial score (nSPS) is 19.0. The second kappa shape index (κ2) is 10.4. The van der Waals surface area contributed by atoms with Crippen molar-refractivity contribution in [1.82, 2.24) is 0 Å². The van der Waals surface area contributed by atoms with Crippen molar-refractivity contribution in [3.8, 4) is 0 Å². The number of aryl methyl sites for hydroxylation is 1. The molecule has 1 aliphatic rings. The first-order valence-corrected chi connectivity index (χ1v) is 12.5. The summed E-state index contributed by atoms with van der Waals surface area (Å²) in [5, 5.41) is -0.582. The molecule has 3 nitrogen and oxygen atoms in total. The van der Waals surface area contributed by atoms with Crippen molar-refractivity contribution < 1.29 is 13.2 Å². The molecular formula is C27H36O3S. The molecule has 0 bridgehead atoms. The summed E-state index contributed by atoms with van der Waals surface area (Å²) >= 11 is 0. The third-order valence-corrected chi connectivity index (χ3v) is 8.25. The lowest BCUT2D eigenvalue weighted by molar-refractivity contribution is -0.104. The van der Waals surface area contributed by atoms with E-state index in [1.165, 1.54) is 11.6 Å². The zero-order valence-corrected chi connectivity index (χ0v) is 20.6. The fourth-order valence-corrected chi connectivity index (χ4v) is 6.66. The fourth-order valence-electron chi connectivity index (χ4n) is 4.50.